The number of hydrogen-bond donors (Lipinski definition) is 4. The monoisotopic (exact) mass is 350 g/mol. The van der Waals surface area contributed by atoms with Gasteiger partial charge < -0.3 is 19.9 Å². The van der Waals surface area contributed by atoms with E-state index >= 15 is 0 Å². The maximum Gasteiger partial charge on any atom is 0.0550 e. The minimum atomic E-state index is 0.849. The van der Waals surface area contributed by atoms with Gasteiger partial charge >= 0.3 is 0 Å². The summed E-state index contributed by atoms with van der Waals surface area (Å²) in [5, 5.41) is 3.40. The van der Waals surface area contributed by atoms with Crippen LogP contribution in [0.5, 0.6) is 0 Å². The molecule has 6 rings (SSSR count). The molecular weight excluding hydrogens is 332 g/mol. The Balaban J connectivity index is 1.64. The Labute approximate surface area is 155 Å². The fraction of sp³-hybridized carbons (Fsp3) is 0.0435. The number of benzene rings is 1. The molecule has 0 atom stereocenters. The molecule has 0 unspecified atom stereocenters. The quantitative estimate of drug-likeness (QED) is 0.325. The van der Waals surface area contributed by atoms with Crippen molar-refractivity contribution in [3.63, 3.8) is 0 Å². The molecular formula is C23H18N4. The normalized spacial score (nSPS) is 12.9. The number of para-hydroxylation sites is 1. The van der Waals surface area contributed by atoms with E-state index in [1.165, 1.54) is 27.9 Å². The maximum absolute atomic E-state index is 3.63. The average Bonchev–Trinajstić information content (AvgIpc) is 3.43. The van der Waals surface area contributed by atoms with Crippen LogP contribution in [0.3, 0.4) is 0 Å². The van der Waals surface area contributed by atoms with Crippen molar-refractivity contribution in [3.05, 3.63) is 94.1 Å². The van der Waals surface area contributed by atoms with Gasteiger partial charge in [0.2, 0.25) is 0 Å². The molecule has 27 heavy (non-hydrogen) atoms. The summed E-state index contributed by atoms with van der Waals surface area (Å²) in [4.78, 5) is 14.1. The Kier molecular flexibility index (Phi) is 2.91. The highest BCUT2D eigenvalue weighted by Gasteiger charge is 2.10. The molecule has 0 spiro atoms. The van der Waals surface area contributed by atoms with E-state index in [4.69, 9.17) is 0 Å². The van der Waals surface area contributed by atoms with E-state index in [0.717, 1.165) is 34.2 Å². The summed E-state index contributed by atoms with van der Waals surface area (Å²) in [6.45, 7) is 0. The van der Waals surface area contributed by atoms with Crippen LogP contribution in [0.4, 0.5) is 0 Å². The number of hydrogen-bond acceptors (Lipinski definition) is 0. The first kappa shape index (κ1) is 14.5. The van der Waals surface area contributed by atoms with E-state index in [-0.39, 0.29) is 0 Å². The molecule has 5 heterocycles. The molecule has 1 aliphatic heterocycles. The van der Waals surface area contributed by atoms with Crippen LogP contribution in [0.15, 0.2) is 60.7 Å². The molecule has 0 saturated heterocycles. The fourth-order valence-corrected chi connectivity index (χ4v) is 3.97. The summed E-state index contributed by atoms with van der Waals surface area (Å²) >= 11 is 0. The van der Waals surface area contributed by atoms with Gasteiger partial charge in [-0.05, 0) is 54.6 Å². The number of rotatable bonds is 0. The minimum Gasteiger partial charge on any atom is -0.359 e. The summed E-state index contributed by atoms with van der Waals surface area (Å²) in [5.41, 5.74) is 8.07. The second-order valence-electron chi connectivity index (χ2n) is 7.17. The third-order valence-corrected chi connectivity index (χ3v) is 5.21. The molecule has 1 aliphatic rings. The van der Waals surface area contributed by atoms with Crippen molar-refractivity contribution in [2.75, 3.05) is 0 Å². The minimum absolute atomic E-state index is 0.849. The van der Waals surface area contributed by atoms with Crippen LogP contribution in [-0.4, -0.2) is 19.9 Å². The van der Waals surface area contributed by atoms with E-state index in [9.17, 15) is 0 Å². The van der Waals surface area contributed by atoms with Gasteiger partial charge in [-0.1, -0.05) is 18.2 Å². The van der Waals surface area contributed by atoms with E-state index in [1.807, 2.05) is 0 Å². The predicted octanol–water partition coefficient (Wildman–Crippen LogP) is 3.38. The predicted molar refractivity (Wildman–Crippen MR) is 109 cm³/mol. The number of fused-ring (bicyclic) bond motifs is 8. The molecule has 4 heteroatoms. The summed E-state index contributed by atoms with van der Waals surface area (Å²) < 4.78 is 0. The van der Waals surface area contributed by atoms with Crippen LogP contribution in [0, 0.1) is 0 Å². The second kappa shape index (κ2) is 5.42. The topological polar surface area (TPSA) is 63.2 Å². The smallest absolute Gasteiger partial charge is 0.0550 e. The van der Waals surface area contributed by atoms with Crippen molar-refractivity contribution in [2.24, 2.45) is 0 Å². The van der Waals surface area contributed by atoms with Crippen molar-refractivity contribution in [1.82, 2.24) is 19.9 Å². The van der Waals surface area contributed by atoms with Crippen LogP contribution in [-0.2, 0) is 6.42 Å². The molecule has 0 amide bonds. The standard InChI is InChI=1S/C23H18N4/c1-2-14-10-20-13-18-7-6-16(25-18)11-15-4-5-17(24-15)12-19-8-9-22(26-19)21(3-1)23(14)27-20/h1-12,24-27H,13H2. The highest BCUT2D eigenvalue weighted by Crippen LogP contribution is 2.29. The van der Waals surface area contributed by atoms with Crippen molar-refractivity contribution < 1.29 is 0 Å². The number of H-pyrrole nitrogens is 4. The molecule has 0 fully saturated rings. The highest BCUT2D eigenvalue weighted by molar-refractivity contribution is 5.94. The van der Waals surface area contributed by atoms with Crippen LogP contribution in [0.2, 0.25) is 0 Å². The van der Waals surface area contributed by atoms with Crippen molar-refractivity contribution >= 4 is 23.1 Å². The van der Waals surface area contributed by atoms with E-state index in [1.54, 1.807) is 0 Å². The molecule has 8 bridgehead atoms. The first-order chi connectivity index (χ1) is 13.3. The summed E-state index contributed by atoms with van der Waals surface area (Å²) in [6, 6.07) is 21.4. The van der Waals surface area contributed by atoms with Crippen molar-refractivity contribution in [1.29, 1.82) is 0 Å². The number of aromatic amines is 4. The molecule has 1 aromatic carbocycles. The van der Waals surface area contributed by atoms with Gasteiger partial charge in [0.15, 0.2) is 0 Å². The van der Waals surface area contributed by atoms with Gasteiger partial charge in [0.1, 0.15) is 0 Å². The van der Waals surface area contributed by atoms with Gasteiger partial charge in [-0.3, -0.25) is 0 Å². The van der Waals surface area contributed by atoms with Crippen LogP contribution < -0.4 is 10.7 Å². The van der Waals surface area contributed by atoms with Gasteiger partial charge in [-0.15, -0.1) is 0 Å². The molecule has 4 nitrogen and oxygen atoms in total. The molecule has 0 radical (unpaired) electrons. The van der Waals surface area contributed by atoms with Gasteiger partial charge in [0.05, 0.1) is 5.52 Å². The third kappa shape index (κ3) is 2.46. The second-order valence-corrected chi connectivity index (χ2v) is 7.17. The Morgan fingerprint density at radius 1 is 0.630 bits per heavy atom. The van der Waals surface area contributed by atoms with Crippen LogP contribution >= 0.6 is 0 Å². The maximum atomic E-state index is 3.63. The van der Waals surface area contributed by atoms with Gasteiger partial charge in [0.25, 0.3) is 0 Å². The number of aromatic nitrogens is 4. The number of nitrogens with one attached hydrogen (secondary N) is 4. The lowest BCUT2D eigenvalue weighted by molar-refractivity contribution is 1.06. The molecule has 0 saturated carbocycles. The van der Waals surface area contributed by atoms with E-state index in [0.29, 0.717) is 0 Å². The lowest BCUT2D eigenvalue weighted by atomic mass is 10.1. The lowest BCUT2D eigenvalue weighted by Gasteiger charge is -2.01. The zero-order valence-corrected chi connectivity index (χ0v) is 14.6. The molecule has 130 valence electrons. The summed E-state index contributed by atoms with van der Waals surface area (Å²) in [5.74, 6) is 0. The lowest BCUT2D eigenvalue weighted by Crippen LogP contribution is -2.09. The zero-order chi connectivity index (χ0) is 17.8. The molecule has 4 N–H and O–H groups in total. The van der Waals surface area contributed by atoms with Crippen molar-refractivity contribution in [2.45, 2.75) is 6.42 Å². The van der Waals surface area contributed by atoms with Gasteiger partial charge in [-0.25, -0.2) is 0 Å². The highest BCUT2D eigenvalue weighted by atomic mass is 14.8. The fourth-order valence-electron chi connectivity index (χ4n) is 3.97. The first-order valence-corrected chi connectivity index (χ1v) is 9.17. The SMILES string of the molecule is C1=c2ccc([nH]2)=Cc2ccc([nH]2)-c2cccc3cc([nH]c23)Cc2ccc1[nH]2. The van der Waals surface area contributed by atoms with Crippen LogP contribution in [0.1, 0.15) is 22.8 Å². The first-order valence-electron chi connectivity index (χ1n) is 9.17. The average molecular weight is 350 g/mol. The molecule has 4 aromatic heterocycles. The van der Waals surface area contributed by atoms with E-state index < -0.39 is 0 Å². The Morgan fingerprint density at radius 2 is 1.44 bits per heavy atom. The Bertz CT molecular complexity index is 1400. The molecule has 0 aliphatic carbocycles. The zero-order valence-electron chi connectivity index (χ0n) is 14.6. The Morgan fingerprint density at radius 3 is 2.33 bits per heavy atom. The van der Waals surface area contributed by atoms with Crippen molar-refractivity contribution in [3.8, 4) is 11.3 Å². The van der Waals surface area contributed by atoms with Crippen LogP contribution in [0.25, 0.3) is 34.3 Å². The third-order valence-electron chi connectivity index (χ3n) is 5.21. The summed E-state index contributed by atoms with van der Waals surface area (Å²) in [7, 11) is 0. The van der Waals surface area contributed by atoms with Gasteiger partial charge in [0, 0.05) is 56.5 Å². The Hall–Kier alpha value is -3.66. The molecule has 5 aromatic rings. The largest absolute Gasteiger partial charge is 0.359 e. The van der Waals surface area contributed by atoms with E-state index in [2.05, 4.69) is 92.8 Å². The van der Waals surface area contributed by atoms with Gasteiger partial charge in [-0.2, -0.15) is 0 Å². The summed E-state index contributed by atoms with van der Waals surface area (Å²) in [6.07, 6.45) is 5.12.